The first-order valence-electron chi connectivity index (χ1n) is 9.96. The Morgan fingerprint density at radius 2 is 1.75 bits per heavy atom. The molecule has 0 saturated heterocycles. The molecule has 4 rings (SSSR count). The number of ether oxygens (including phenoxy) is 2. The van der Waals surface area contributed by atoms with Crippen molar-refractivity contribution in [3.8, 4) is 17.2 Å². The minimum absolute atomic E-state index is 0.0212. The zero-order valence-corrected chi connectivity index (χ0v) is 17.2. The van der Waals surface area contributed by atoms with E-state index in [1.807, 2.05) is 37.3 Å². The lowest BCUT2D eigenvalue weighted by atomic mass is 10.1. The minimum Gasteiger partial charge on any atom is -0.484 e. The molecule has 0 aliphatic carbocycles. The molecule has 1 aromatic heterocycles. The average Bonchev–Trinajstić information content (AvgIpc) is 2.81. The first-order valence-corrected chi connectivity index (χ1v) is 9.96. The summed E-state index contributed by atoms with van der Waals surface area (Å²) in [6.45, 7) is 1.71. The molecule has 0 saturated carbocycles. The van der Waals surface area contributed by atoms with Crippen molar-refractivity contribution >= 4 is 16.9 Å². The Kier molecular flexibility index (Phi) is 6.17. The van der Waals surface area contributed by atoms with Gasteiger partial charge in [0, 0.05) is 6.07 Å². The SMILES string of the molecule is C[C@@H](NC(=O)COc1ccc2c(=O)c(Oc3ccc(F)cc3)coc2c1)c1ccccc1. The fraction of sp³-hybridized carbons (Fsp3) is 0.120. The van der Waals surface area contributed by atoms with Crippen molar-refractivity contribution in [2.45, 2.75) is 13.0 Å². The van der Waals surface area contributed by atoms with Crippen LogP contribution >= 0.6 is 0 Å². The van der Waals surface area contributed by atoms with Crippen molar-refractivity contribution in [1.29, 1.82) is 0 Å². The molecule has 6 nitrogen and oxygen atoms in total. The quantitative estimate of drug-likeness (QED) is 0.445. The Morgan fingerprint density at radius 3 is 2.50 bits per heavy atom. The second-order valence-electron chi connectivity index (χ2n) is 7.13. The summed E-state index contributed by atoms with van der Waals surface area (Å²) in [7, 11) is 0. The van der Waals surface area contributed by atoms with E-state index < -0.39 is 5.82 Å². The summed E-state index contributed by atoms with van der Waals surface area (Å²) in [6.07, 6.45) is 1.19. The summed E-state index contributed by atoms with van der Waals surface area (Å²) in [5, 5.41) is 3.16. The van der Waals surface area contributed by atoms with Gasteiger partial charge in [-0.3, -0.25) is 9.59 Å². The highest BCUT2D eigenvalue weighted by atomic mass is 19.1. The third-order valence-electron chi connectivity index (χ3n) is 4.80. The van der Waals surface area contributed by atoms with Crippen LogP contribution in [0.5, 0.6) is 17.2 Å². The zero-order chi connectivity index (χ0) is 22.5. The summed E-state index contributed by atoms with van der Waals surface area (Å²) in [6, 6.07) is 19.4. The van der Waals surface area contributed by atoms with Crippen molar-refractivity contribution in [3.63, 3.8) is 0 Å². The van der Waals surface area contributed by atoms with E-state index in [4.69, 9.17) is 13.9 Å². The smallest absolute Gasteiger partial charge is 0.258 e. The molecule has 162 valence electrons. The molecule has 3 aromatic carbocycles. The third-order valence-corrected chi connectivity index (χ3v) is 4.80. The Balaban J connectivity index is 1.41. The average molecular weight is 433 g/mol. The van der Waals surface area contributed by atoms with E-state index in [0.717, 1.165) is 5.56 Å². The molecule has 1 heterocycles. The molecular formula is C25H20FNO5. The molecule has 4 aromatic rings. The van der Waals surface area contributed by atoms with Crippen LogP contribution in [0.2, 0.25) is 0 Å². The van der Waals surface area contributed by atoms with Gasteiger partial charge in [0.1, 0.15) is 29.2 Å². The predicted molar refractivity (Wildman–Crippen MR) is 117 cm³/mol. The van der Waals surface area contributed by atoms with Gasteiger partial charge in [0.2, 0.25) is 11.2 Å². The molecule has 32 heavy (non-hydrogen) atoms. The highest BCUT2D eigenvalue weighted by molar-refractivity contribution is 5.80. The molecule has 1 atom stereocenters. The van der Waals surface area contributed by atoms with Crippen LogP contribution in [0.1, 0.15) is 18.5 Å². The highest BCUT2D eigenvalue weighted by Crippen LogP contribution is 2.24. The van der Waals surface area contributed by atoms with Gasteiger partial charge in [-0.1, -0.05) is 30.3 Å². The number of hydrogen-bond donors (Lipinski definition) is 1. The molecule has 0 radical (unpaired) electrons. The number of amides is 1. The van der Waals surface area contributed by atoms with Crippen LogP contribution in [0.15, 0.2) is 88.3 Å². The fourth-order valence-electron chi connectivity index (χ4n) is 3.14. The van der Waals surface area contributed by atoms with Crippen molar-refractivity contribution in [2.24, 2.45) is 0 Å². The van der Waals surface area contributed by atoms with E-state index in [1.165, 1.54) is 36.6 Å². The molecule has 0 spiro atoms. The minimum atomic E-state index is -0.404. The summed E-state index contributed by atoms with van der Waals surface area (Å²) in [5.74, 6) is 0.000691. The van der Waals surface area contributed by atoms with E-state index in [-0.39, 0.29) is 35.3 Å². The van der Waals surface area contributed by atoms with Gasteiger partial charge in [-0.05, 0) is 48.9 Å². The number of benzene rings is 3. The lowest BCUT2D eigenvalue weighted by molar-refractivity contribution is -0.123. The number of nitrogens with one attached hydrogen (secondary N) is 1. The normalized spacial score (nSPS) is 11.7. The largest absolute Gasteiger partial charge is 0.484 e. The summed E-state index contributed by atoms with van der Waals surface area (Å²) >= 11 is 0. The second kappa shape index (κ2) is 9.34. The van der Waals surface area contributed by atoms with E-state index in [0.29, 0.717) is 16.9 Å². The van der Waals surface area contributed by atoms with Crippen LogP contribution < -0.4 is 20.2 Å². The van der Waals surface area contributed by atoms with Gasteiger partial charge in [0.05, 0.1) is 11.4 Å². The highest BCUT2D eigenvalue weighted by Gasteiger charge is 2.12. The maximum absolute atomic E-state index is 13.0. The molecular weight excluding hydrogens is 413 g/mol. The molecule has 0 aliphatic rings. The Hall–Kier alpha value is -4.13. The van der Waals surface area contributed by atoms with E-state index in [1.54, 1.807) is 12.1 Å². The van der Waals surface area contributed by atoms with Crippen molar-refractivity contribution in [2.75, 3.05) is 6.61 Å². The molecule has 0 aliphatic heterocycles. The molecule has 7 heteroatoms. The van der Waals surface area contributed by atoms with Crippen LogP contribution in [-0.4, -0.2) is 12.5 Å². The number of carbonyl (C=O) groups excluding carboxylic acids is 1. The fourth-order valence-corrected chi connectivity index (χ4v) is 3.14. The first-order chi connectivity index (χ1) is 15.5. The van der Waals surface area contributed by atoms with Crippen molar-refractivity contribution in [3.05, 3.63) is 101 Å². The van der Waals surface area contributed by atoms with Crippen LogP contribution in [0, 0.1) is 5.82 Å². The van der Waals surface area contributed by atoms with Gasteiger partial charge in [-0.15, -0.1) is 0 Å². The third kappa shape index (κ3) is 4.95. The van der Waals surface area contributed by atoms with E-state index in [2.05, 4.69) is 5.32 Å². The van der Waals surface area contributed by atoms with Gasteiger partial charge in [0.25, 0.3) is 5.91 Å². The van der Waals surface area contributed by atoms with Crippen LogP contribution in [0.25, 0.3) is 11.0 Å². The van der Waals surface area contributed by atoms with E-state index in [9.17, 15) is 14.0 Å². The second-order valence-corrected chi connectivity index (χ2v) is 7.13. The number of carbonyl (C=O) groups is 1. The maximum atomic E-state index is 13.0. The molecule has 1 N–H and O–H groups in total. The molecule has 1 amide bonds. The van der Waals surface area contributed by atoms with Crippen molar-refractivity contribution < 1.29 is 23.1 Å². The zero-order valence-electron chi connectivity index (χ0n) is 17.2. The monoisotopic (exact) mass is 433 g/mol. The number of rotatable bonds is 7. The topological polar surface area (TPSA) is 77.8 Å². The van der Waals surface area contributed by atoms with Crippen LogP contribution in [-0.2, 0) is 4.79 Å². The number of fused-ring (bicyclic) bond motifs is 1. The van der Waals surface area contributed by atoms with Crippen LogP contribution in [0.4, 0.5) is 4.39 Å². The summed E-state index contributed by atoms with van der Waals surface area (Å²) in [4.78, 5) is 24.9. The maximum Gasteiger partial charge on any atom is 0.258 e. The molecule has 0 bridgehead atoms. The molecule has 0 unspecified atom stereocenters. The standard InChI is InChI=1S/C25H20FNO5/c1-16(17-5-3-2-4-6-17)27-24(28)15-30-20-11-12-21-22(13-20)31-14-23(25(21)29)32-19-9-7-18(26)8-10-19/h2-14,16H,15H2,1H3,(H,27,28)/t16-/m1/s1. The predicted octanol–water partition coefficient (Wildman–Crippen LogP) is 4.98. The van der Waals surface area contributed by atoms with E-state index >= 15 is 0 Å². The Morgan fingerprint density at radius 1 is 1.03 bits per heavy atom. The van der Waals surface area contributed by atoms with Gasteiger partial charge in [-0.2, -0.15) is 0 Å². The van der Waals surface area contributed by atoms with Gasteiger partial charge in [-0.25, -0.2) is 4.39 Å². The lowest BCUT2D eigenvalue weighted by Crippen LogP contribution is -2.31. The lowest BCUT2D eigenvalue weighted by Gasteiger charge is -2.14. The Labute approximate surface area is 183 Å². The van der Waals surface area contributed by atoms with Crippen LogP contribution in [0.3, 0.4) is 0 Å². The molecule has 0 fully saturated rings. The summed E-state index contributed by atoms with van der Waals surface area (Å²) < 4.78 is 29.6. The number of hydrogen-bond acceptors (Lipinski definition) is 5. The summed E-state index contributed by atoms with van der Waals surface area (Å²) in [5.41, 5.74) is 0.903. The van der Waals surface area contributed by atoms with Gasteiger partial charge >= 0.3 is 0 Å². The van der Waals surface area contributed by atoms with Gasteiger partial charge in [0.15, 0.2) is 6.61 Å². The Bertz CT molecular complexity index is 1290. The first kappa shape index (κ1) is 21.1. The van der Waals surface area contributed by atoms with Crippen molar-refractivity contribution in [1.82, 2.24) is 5.32 Å². The number of halogens is 1. The van der Waals surface area contributed by atoms with Gasteiger partial charge < -0.3 is 19.2 Å².